The van der Waals surface area contributed by atoms with E-state index in [-0.39, 0.29) is 11.7 Å². The molecular weight excluding hydrogens is 284 g/mol. The van der Waals surface area contributed by atoms with Crippen molar-refractivity contribution < 1.29 is 4.42 Å². The van der Waals surface area contributed by atoms with Gasteiger partial charge in [0.2, 0.25) is 11.6 Å². The minimum Gasteiger partial charge on any atom is -0.461 e. The van der Waals surface area contributed by atoms with Gasteiger partial charge in [0.1, 0.15) is 5.69 Å². The average Bonchev–Trinajstić information content (AvgIpc) is 3.20. The quantitative estimate of drug-likeness (QED) is 0.766. The fourth-order valence-electron chi connectivity index (χ4n) is 2.72. The van der Waals surface area contributed by atoms with Gasteiger partial charge in [-0.1, -0.05) is 6.92 Å². The van der Waals surface area contributed by atoms with Crippen LogP contribution in [-0.4, -0.2) is 25.3 Å². The van der Waals surface area contributed by atoms with Crippen LogP contribution in [0.3, 0.4) is 0 Å². The maximum Gasteiger partial charge on any atom is 0.280 e. The Balaban J connectivity index is 2.03. The molecule has 0 saturated heterocycles. The third-order valence-corrected chi connectivity index (χ3v) is 3.64. The molecule has 1 aliphatic heterocycles. The monoisotopic (exact) mass is 300 g/mol. The number of aryl methyl sites for hydroxylation is 1. The lowest BCUT2D eigenvalue weighted by Gasteiger charge is -2.08. The van der Waals surface area contributed by atoms with Gasteiger partial charge in [-0.05, 0) is 25.5 Å². The Morgan fingerprint density at radius 1 is 1.41 bits per heavy atom. The molecule has 4 heterocycles. The topological polar surface area (TPSA) is 89.4 Å². The predicted molar refractivity (Wildman–Crippen MR) is 81.9 cm³/mol. The van der Waals surface area contributed by atoms with E-state index in [9.17, 15) is 4.79 Å². The Kier molecular flexibility index (Phi) is 2.72. The Morgan fingerprint density at radius 2 is 2.27 bits per heavy atom. The molecule has 8 nitrogen and oxygen atoms in total. The van der Waals surface area contributed by atoms with Crippen molar-refractivity contribution in [3.05, 3.63) is 28.7 Å². The highest BCUT2D eigenvalue weighted by Gasteiger charge is 2.27. The smallest absolute Gasteiger partial charge is 0.280 e. The van der Waals surface area contributed by atoms with E-state index in [4.69, 9.17) is 4.42 Å². The fraction of sp³-hybridized carbons (Fsp3) is 0.357. The number of hydrogen-bond donors (Lipinski definition) is 2. The zero-order valence-electron chi connectivity index (χ0n) is 12.3. The van der Waals surface area contributed by atoms with E-state index in [1.54, 1.807) is 27.5 Å². The number of rotatable bonds is 3. The van der Waals surface area contributed by atoms with E-state index in [2.05, 4.69) is 20.7 Å². The van der Waals surface area contributed by atoms with Gasteiger partial charge < -0.3 is 15.1 Å². The van der Waals surface area contributed by atoms with Crippen molar-refractivity contribution in [2.45, 2.75) is 33.0 Å². The highest BCUT2D eigenvalue weighted by molar-refractivity contribution is 5.72. The summed E-state index contributed by atoms with van der Waals surface area (Å²) < 4.78 is 8.67. The summed E-state index contributed by atoms with van der Waals surface area (Å²) in [5.41, 5.74) is 0.448. The number of fused-ring (bicyclic) bond motifs is 3. The number of hydrogen-bond acceptors (Lipinski definition) is 6. The molecule has 0 saturated carbocycles. The van der Waals surface area contributed by atoms with Crippen molar-refractivity contribution in [2.75, 3.05) is 10.6 Å². The van der Waals surface area contributed by atoms with Crippen LogP contribution in [0.15, 0.2) is 27.6 Å². The van der Waals surface area contributed by atoms with Crippen molar-refractivity contribution in [1.82, 2.24) is 19.2 Å². The molecule has 8 heteroatoms. The first kappa shape index (κ1) is 12.9. The van der Waals surface area contributed by atoms with Crippen LogP contribution in [0.5, 0.6) is 0 Å². The third kappa shape index (κ3) is 1.73. The van der Waals surface area contributed by atoms with Gasteiger partial charge in [-0.15, -0.1) is 5.10 Å². The average molecular weight is 300 g/mol. The number of aromatic nitrogens is 4. The highest BCUT2D eigenvalue weighted by atomic mass is 16.3. The summed E-state index contributed by atoms with van der Waals surface area (Å²) in [5.74, 6) is 2.20. The second-order valence-corrected chi connectivity index (χ2v) is 5.32. The van der Waals surface area contributed by atoms with Gasteiger partial charge in [0.05, 0.1) is 12.4 Å². The van der Waals surface area contributed by atoms with E-state index >= 15 is 0 Å². The number of furan rings is 1. The zero-order valence-corrected chi connectivity index (χ0v) is 12.3. The first-order valence-electron chi connectivity index (χ1n) is 7.29. The molecule has 0 fully saturated rings. The summed E-state index contributed by atoms with van der Waals surface area (Å²) in [6.07, 6.45) is 2.38. The van der Waals surface area contributed by atoms with Crippen molar-refractivity contribution in [1.29, 1.82) is 0 Å². The summed E-state index contributed by atoms with van der Waals surface area (Å²) >= 11 is 0. The summed E-state index contributed by atoms with van der Waals surface area (Å²) in [4.78, 5) is 17.2. The predicted octanol–water partition coefficient (Wildman–Crippen LogP) is 1.74. The zero-order chi connectivity index (χ0) is 15.3. The molecule has 2 N–H and O–H groups in total. The van der Waals surface area contributed by atoms with Crippen LogP contribution in [0, 0.1) is 0 Å². The van der Waals surface area contributed by atoms with Gasteiger partial charge in [-0.3, -0.25) is 9.36 Å². The molecule has 3 aromatic rings. The lowest BCUT2D eigenvalue weighted by molar-refractivity contribution is 0.577. The molecule has 0 aliphatic carbocycles. The molecule has 0 aromatic carbocycles. The summed E-state index contributed by atoms with van der Waals surface area (Å²) in [5, 5.41) is 10.9. The molecule has 1 atom stereocenters. The van der Waals surface area contributed by atoms with Crippen LogP contribution >= 0.6 is 0 Å². The van der Waals surface area contributed by atoms with Crippen molar-refractivity contribution in [2.24, 2.45) is 0 Å². The number of nitrogens with zero attached hydrogens (tertiary/aromatic N) is 4. The summed E-state index contributed by atoms with van der Waals surface area (Å²) in [7, 11) is 0. The van der Waals surface area contributed by atoms with Gasteiger partial charge in [0.15, 0.2) is 11.6 Å². The minimum absolute atomic E-state index is 0.0281. The molecular formula is C14H16N6O2. The van der Waals surface area contributed by atoms with Crippen molar-refractivity contribution in [3.8, 4) is 11.6 Å². The highest BCUT2D eigenvalue weighted by Crippen LogP contribution is 2.27. The first-order chi connectivity index (χ1) is 10.7. The Bertz CT molecular complexity index is 892. The molecule has 114 valence electrons. The lowest BCUT2D eigenvalue weighted by Crippen LogP contribution is -2.25. The van der Waals surface area contributed by atoms with Gasteiger partial charge in [0.25, 0.3) is 5.56 Å². The normalized spacial score (nSPS) is 16.5. The van der Waals surface area contributed by atoms with Crippen LogP contribution in [-0.2, 0) is 6.54 Å². The molecule has 1 aliphatic rings. The maximum absolute atomic E-state index is 12.7. The Hall–Kier alpha value is -2.77. The van der Waals surface area contributed by atoms with Crippen LogP contribution in [0.4, 0.5) is 11.5 Å². The van der Waals surface area contributed by atoms with Crippen molar-refractivity contribution in [3.63, 3.8) is 0 Å². The Labute approximate surface area is 125 Å². The standard InChI is InChI=1S/C14H16N6O2/c1-3-6-19-13(21)10-12(16-8(2)15-10)20-14(19)17-11(18-20)9-5-4-7-22-9/h4-5,7-8,15-16H,3,6H2,1-2H3. The molecule has 0 radical (unpaired) electrons. The van der Waals surface area contributed by atoms with Crippen LogP contribution < -0.4 is 16.2 Å². The van der Waals surface area contributed by atoms with Crippen LogP contribution in [0.1, 0.15) is 20.3 Å². The van der Waals surface area contributed by atoms with Gasteiger partial charge in [0, 0.05) is 6.54 Å². The lowest BCUT2D eigenvalue weighted by atomic mass is 10.4. The van der Waals surface area contributed by atoms with Gasteiger partial charge in [-0.2, -0.15) is 9.50 Å². The summed E-state index contributed by atoms with van der Waals surface area (Å²) in [6, 6.07) is 3.58. The van der Waals surface area contributed by atoms with E-state index < -0.39 is 0 Å². The van der Waals surface area contributed by atoms with Gasteiger partial charge >= 0.3 is 0 Å². The minimum atomic E-state index is -0.0837. The number of anilines is 2. The summed E-state index contributed by atoms with van der Waals surface area (Å²) in [6.45, 7) is 4.55. The largest absolute Gasteiger partial charge is 0.461 e. The second kappa shape index (κ2) is 4.62. The van der Waals surface area contributed by atoms with E-state index in [1.807, 2.05) is 13.8 Å². The molecule has 0 spiro atoms. The maximum atomic E-state index is 12.7. The van der Waals surface area contributed by atoms with E-state index in [0.29, 0.717) is 35.4 Å². The van der Waals surface area contributed by atoms with Crippen LogP contribution in [0.2, 0.25) is 0 Å². The molecule has 1 unspecified atom stereocenters. The van der Waals surface area contributed by atoms with Crippen molar-refractivity contribution >= 4 is 17.3 Å². The first-order valence-corrected chi connectivity index (χ1v) is 7.29. The fourth-order valence-corrected chi connectivity index (χ4v) is 2.72. The Morgan fingerprint density at radius 3 is 3.00 bits per heavy atom. The second-order valence-electron chi connectivity index (χ2n) is 5.32. The molecule has 0 amide bonds. The number of nitrogens with one attached hydrogen (secondary N) is 2. The van der Waals surface area contributed by atoms with E-state index in [1.165, 1.54) is 0 Å². The molecule has 4 rings (SSSR count). The third-order valence-electron chi connectivity index (χ3n) is 3.64. The van der Waals surface area contributed by atoms with E-state index in [0.717, 1.165) is 6.42 Å². The molecule has 3 aromatic heterocycles. The van der Waals surface area contributed by atoms with Gasteiger partial charge in [-0.25, -0.2) is 0 Å². The SMILES string of the molecule is CCCn1c(=O)c2c(n3nc(-c4ccco4)nc13)NC(C)N2. The van der Waals surface area contributed by atoms with Crippen LogP contribution in [0.25, 0.3) is 17.4 Å². The molecule has 0 bridgehead atoms. The molecule has 22 heavy (non-hydrogen) atoms.